The fraction of sp³-hybridized carbons (Fsp3) is 0.412. The van der Waals surface area contributed by atoms with E-state index in [0.29, 0.717) is 25.3 Å². The average molecular weight is 350 g/mol. The normalized spacial score (nSPS) is 16.0. The SMILES string of the molecule is Cc1cc(CN2CCN(c3ccc(C(F)(F)F)c(C#N)c3)CC2)on1. The molecule has 5 nitrogen and oxygen atoms in total. The van der Waals surface area contributed by atoms with Crippen molar-refractivity contribution >= 4 is 5.69 Å². The van der Waals surface area contributed by atoms with Crippen molar-refractivity contribution < 1.29 is 17.7 Å². The van der Waals surface area contributed by atoms with Crippen LogP contribution in [0.5, 0.6) is 0 Å². The Labute approximate surface area is 143 Å². The quantitative estimate of drug-likeness (QED) is 0.851. The van der Waals surface area contributed by atoms with Gasteiger partial charge in [0.25, 0.3) is 0 Å². The lowest BCUT2D eigenvalue weighted by Gasteiger charge is -2.35. The van der Waals surface area contributed by atoms with Crippen LogP contribution >= 0.6 is 0 Å². The molecule has 0 radical (unpaired) electrons. The number of alkyl halides is 3. The van der Waals surface area contributed by atoms with Crippen molar-refractivity contribution in [2.24, 2.45) is 0 Å². The zero-order chi connectivity index (χ0) is 18.0. The maximum atomic E-state index is 12.9. The minimum Gasteiger partial charge on any atom is -0.369 e. The maximum absolute atomic E-state index is 12.9. The molecule has 1 fully saturated rings. The molecule has 0 amide bonds. The van der Waals surface area contributed by atoms with Gasteiger partial charge in [0.1, 0.15) is 0 Å². The molecule has 1 aromatic carbocycles. The van der Waals surface area contributed by atoms with Crippen LogP contribution < -0.4 is 4.90 Å². The van der Waals surface area contributed by atoms with Gasteiger partial charge in [-0.15, -0.1) is 0 Å². The highest BCUT2D eigenvalue weighted by molar-refractivity contribution is 5.55. The van der Waals surface area contributed by atoms with Crippen LogP contribution in [0.4, 0.5) is 18.9 Å². The predicted molar refractivity (Wildman–Crippen MR) is 84.9 cm³/mol. The van der Waals surface area contributed by atoms with E-state index in [9.17, 15) is 13.2 Å². The number of halogens is 3. The van der Waals surface area contributed by atoms with E-state index in [2.05, 4.69) is 10.1 Å². The fourth-order valence-corrected chi connectivity index (χ4v) is 2.94. The van der Waals surface area contributed by atoms with Gasteiger partial charge >= 0.3 is 6.18 Å². The highest BCUT2D eigenvalue weighted by Crippen LogP contribution is 2.33. The van der Waals surface area contributed by atoms with Gasteiger partial charge in [0.15, 0.2) is 5.76 Å². The Kier molecular flexibility index (Phi) is 4.68. The van der Waals surface area contributed by atoms with E-state index in [-0.39, 0.29) is 5.56 Å². The first-order chi connectivity index (χ1) is 11.9. The third-order valence-electron chi connectivity index (χ3n) is 4.22. The lowest BCUT2D eigenvalue weighted by molar-refractivity contribution is -0.137. The summed E-state index contributed by atoms with van der Waals surface area (Å²) >= 11 is 0. The van der Waals surface area contributed by atoms with Crippen molar-refractivity contribution in [1.82, 2.24) is 10.1 Å². The largest absolute Gasteiger partial charge is 0.417 e. The van der Waals surface area contributed by atoms with Gasteiger partial charge in [0, 0.05) is 37.9 Å². The Morgan fingerprint density at radius 1 is 1.20 bits per heavy atom. The number of piperazine rings is 1. The van der Waals surface area contributed by atoms with Crippen LogP contribution in [0.1, 0.15) is 22.6 Å². The molecule has 0 spiro atoms. The Balaban J connectivity index is 1.66. The molecule has 0 saturated carbocycles. The molecule has 0 unspecified atom stereocenters. The van der Waals surface area contributed by atoms with E-state index in [1.54, 1.807) is 6.07 Å². The summed E-state index contributed by atoms with van der Waals surface area (Å²) in [6.45, 7) is 5.37. The van der Waals surface area contributed by atoms with E-state index in [1.165, 1.54) is 12.1 Å². The molecule has 1 aromatic heterocycles. The molecule has 0 bridgehead atoms. The Morgan fingerprint density at radius 2 is 1.92 bits per heavy atom. The minimum absolute atomic E-state index is 0.343. The maximum Gasteiger partial charge on any atom is 0.417 e. The summed E-state index contributed by atoms with van der Waals surface area (Å²) in [5, 5.41) is 12.9. The van der Waals surface area contributed by atoms with Crippen LogP contribution in [0.15, 0.2) is 28.8 Å². The second-order valence-corrected chi connectivity index (χ2v) is 6.04. The van der Waals surface area contributed by atoms with Crippen LogP contribution in [-0.4, -0.2) is 36.2 Å². The van der Waals surface area contributed by atoms with E-state index < -0.39 is 11.7 Å². The van der Waals surface area contributed by atoms with Crippen LogP contribution in [0, 0.1) is 18.3 Å². The number of hydrogen-bond acceptors (Lipinski definition) is 5. The number of anilines is 1. The first-order valence-electron chi connectivity index (χ1n) is 7.87. The second kappa shape index (κ2) is 6.76. The van der Waals surface area contributed by atoms with Crippen molar-refractivity contribution in [3.63, 3.8) is 0 Å². The third kappa shape index (κ3) is 3.94. The van der Waals surface area contributed by atoms with E-state index in [0.717, 1.165) is 30.6 Å². The van der Waals surface area contributed by atoms with Crippen LogP contribution in [0.25, 0.3) is 0 Å². The minimum atomic E-state index is -4.52. The summed E-state index contributed by atoms with van der Waals surface area (Å²) in [5.74, 6) is 0.798. The molecular formula is C17H17F3N4O. The molecule has 25 heavy (non-hydrogen) atoms. The van der Waals surface area contributed by atoms with Crippen molar-refractivity contribution in [1.29, 1.82) is 5.26 Å². The molecule has 0 N–H and O–H groups in total. The van der Waals surface area contributed by atoms with Gasteiger partial charge in [-0.3, -0.25) is 4.90 Å². The zero-order valence-corrected chi connectivity index (χ0v) is 13.7. The van der Waals surface area contributed by atoms with E-state index in [1.807, 2.05) is 17.9 Å². The highest BCUT2D eigenvalue weighted by Gasteiger charge is 2.34. The number of nitriles is 1. The van der Waals surface area contributed by atoms with Gasteiger partial charge in [-0.25, -0.2) is 0 Å². The first-order valence-corrected chi connectivity index (χ1v) is 7.87. The summed E-state index contributed by atoms with van der Waals surface area (Å²) in [6, 6.07) is 7.27. The number of hydrogen-bond donors (Lipinski definition) is 0. The van der Waals surface area contributed by atoms with Crippen molar-refractivity contribution in [3.05, 3.63) is 46.8 Å². The van der Waals surface area contributed by atoms with Gasteiger partial charge < -0.3 is 9.42 Å². The summed E-state index contributed by atoms with van der Waals surface area (Å²) < 4.78 is 43.9. The molecule has 2 aromatic rings. The highest BCUT2D eigenvalue weighted by atomic mass is 19.4. The number of nitrogens with zero attached hydrogens (tertiary/aromatic N) is 4. The van der Waals surface area contributed by atoms with Gasteiger partial charge in [-0.2, -0.15) is 18.4 Å². The topological polar surface area (TPSA) is 56.3 Å². The summed E-state index contributed by atoms with van der Waals surface area (Å²) in [6.07, 6.45) is -4.52. The molecule has 1 saturated heterocycles. The number of aryl methyl sites for hydroxylation is 1. The molecule has 132 valence electrons. The Morgan fingerprint density at radius 3 is 2.48 bits per heavy atom. The van der Waals surface area contributed by atoms with Crippen LogP contribution in [0.2, 0.25) is 0 Å². The monoisotopic (exact) mass is 350 g/mol. The van der Waals surface area contributed by atoms with Crippen molar-refractivity contribution in [3.8, 4) is 6.07 Å². The molecule has 0 aliphatic carbocycles. The lowest BCUT2D eigenvalue weighted by atomic mass is 10.1. The molecule has 1 aliphatic rings. The number of benzene rings is 1. The molecule has 0 atom stereocenters. The van der Waals surface area contributed by atoms with Crippen molar-refractivity contribution in [2.75, 3.05) is 31.1 Å². The summed E-state index contributed by atoms with van der Waals surface area (Å²) in [4.78, 5) is 4.19. The molecule has 1 aliphatic heterocycles. The number of rotatable bonds is 3. The van der Waals surface area contributed by atoms with Gasteiger partial charge in [-0.05, 0) is 25.1 Å². The van der Waals surface area contributed by atoms with E-state index in [4.69, 9.17) is 9.78 Å². The molecule has 8 heteroatoms. The third-order valence-corrected chi connectivity index (χ3v) is 4.22. The smallest absolute Gasteiger partial charge is 0.369 e. The molecule has 2 heterocycles. The van der Waals surface area contributed by atoms with Crippen molar-refractivity contribution in [2.45, 2.75) is 19.6 Å². The molecule has 3 rings (SSSR count). The van der Waals surface area contributed by atoms with Crippen LogP contribution in [0.3, 0.4) is 0 Å². The zero-order valence-electron chi connectivity index (χ0n) is 13.7. The Bertz CT molecular complexity index is 786. The standard InChI is InChI=1S/C17H17F3N4O/c1-12-8-15(25-22-12)11-23-4-6-24(7-5-23)14-2-3-16(17(18,19)20)13(9-14)10-21/h2-3,8-9H,4-7,11H2,1H3. The predicted octanol–water partition coefficient (Wildman–Crippen LogP) is 3.20. The van der Waals surface area contributed by atoms with E-state index >= 15 is 0 Å². The number of aromatic nitrogens is 1. The molecular weight excluding hydrogens is 333 g/mol. The average Bonchev–Trinajstić information content (AvgIpc) is 2.99. The summed E-state index contributed by atoms with van der Waals surface area (Å²) in [5.41, 5.74) is 0.241. The van der Waals surface area contributed by atoms with Gasteiger partial charge in [-0.1, -0.05) is 5.16 Å². The fourth-order valence-electron chi connectivity index (χ4n) is 2.94. The first kappa shape index (κ1) is 17.3. The van der Waals surface area contributed by atoms with Crippen LogP contribution in [-0.2, 0) is 12.7 Å². The summed E-state index contributed by atoms with van der Waals surface area (Å²) in [7, 11) is 0. The Hall–Kier alpha value is -2.53. The van der Waals surface area contributed by atoms with Gasteiger partial charge in [0.05, 0.1) is 29.4 Å². The second-order valence-electron chi connectivity index (χ2n) is 6.04. The van der Waals surface area contributed by atoms with Gasteiger partial charge in [0.2, 0.25) is 0 Å². The lowest BCUT2D eigenvalue weighted by Crippen LogP contribution is -2.46.